The average molecular weight is 223 g/mol. The van der Waals surface area contributed by atoms with E-state index in [-0.39, 0.29) is 12.0 Å². The van der Waals surface area contributed by atoms with E-state index >= 15 is 0 Å². The lowest BCUT2D eigenvalue weighted by Crippen LogP contribution is -2.23. The van der Waals surface area contributed by atoms with Crippen molar-refractivity contribution in [2.75, 3.05) is 18.5 Å². The largest absolute Gasteiger partial charge is 0.394 e. The van der Waals surface area contributed by atoms with E-state index in [0.717, 1.165) is 5.69 Å². The fourth-order valence-corrected chi connectivity index (χ4v) is 1.39. The van der Waals surface area contributed by atoms with Crippen molar-refractivity contribution in [1.29, 1.82) is 0 Å². The van der Waals surface area contributed by atoms with Crippen molar-refractivity contribution < 1.29 is 10.2 Å². The Hall–Kier alpha value is -1.06. The summed E-state index contributed by atoms with van der Waals surface area (Å²) < 4.78 is 0. The summed E-state index contributed by atoms with van der Waals surface area (Å²) in [4.78, 5) is 0. The van der Waals surface area contributed by atoms with Crippen LogP contribution >= 0.6 is 0 Å². The summed E-state index contributed by atoms with van der Waals surface area (Å²) in [6, 6.07) is 8.14. The Labute approximate surface area is 97.1 Å². The number of hydrogen-bond donors (Lipinski definition) is 3. The molecule has 0 aliphatic heterocycles. The third-order valence-corrected chi connectivity index (χ3v) is 2.50. The van der Waals surface area contributed by atoms with Gasteiger partial charge >= 0.3 is 0 Å². The molecule has 1 atom stereocenters. The Morgan fingerprint density at radius 3 is 2.19 bits per heavy atom. The highest BCUT2D eigenvalue weighted by atomic mass is 16.3. The van der Waals surface area contributed by atoms with Crippen molar-refractivity contribution in [2.24, 2.45) is 0 Å². The predicted octanol–water partition coefficient (Wildman–Crippen LogP) is 1.75. The van der Waals surface area contributed by atoms with Crippen molar-refractivity contribution in [3.8, 4) is 0 Å². The van der Waals surface area contributed by atoms with E-state index in [2.05, 4.69) is 38.2 Å². The topological polar surface area (TPSA) is 52.5 Å². The van der Waals surface area contributed by atoms with Crippen LogP contribution in [-0.4, -0.2) is 29.5 Å². The van der Waals surface area contributed by atoms with Crippen LogP contribution in [0, 0.1) is 0 Å². The smallest absolute Gasteiger partial charge is 0.0942 e. The summed E-state index contributed by atoms with van der Waals surface area (Å²) in [5.41, 5.74) is 2.39. The van der Waals surface area contributed by atoms with Gasteiger partial charge in [-0.25, -0.2) is 0 Å². The number of aliphatic hydroxyl groups excluding tert-OH is 2. The Bertz CT molecular complexity index is 314. The molecule has 0 radical (unpaired) electrons. The van der Waals surface area contributed by atoms with Gasteiger partial charge in [-0.15, -0.1) is 0 Å². The highest BCUT2D eigenvalue weighted by Crippen LogP contribution is 2.23. The van der Waals surface area contributed by atoms with Gasteiger partial charge in [-0.05, 0) is 23.1 Å². The maximum atomic E-state index is 9.19. The van der Waals surface area contributed by atoms with E-state index in [1.807, 2.05) is 12.1 Å². The molecule has 90 valence electrons. The summed E-state index contributed by atoms with van der Waals surface area (Å²) in [5, 5.41) is 20.9. The van der Waals surface area contributed by atoms with Crippen LogP contribution in [0.1, 0.15) is 26.3 Å². The van der Waals surface area contributed by atoms with E-state index in [1.165, 1.54) is 5.56 Å². The maximum Gasteiger partial charge on any atom is 0.0942 e. The summed E-state index contributed by atoms with van der Waals surface area (Å²) in [5.74, 6) is 0. The SMILES string of the molecule is CC(C)(C)c1ccc(NCC(O)CO)cc1. The molecule has 1 unspecified atom stereocenters. The monoisotopic (exact) mass is 223 g/mol. The molecule has 3 heteroatoms. The first kappa shape index (κ1) is 13.0. The molecule has 0 aliphatic carbocycles. The number of hydrogen-bond acceptors (Lipinski definition) is 3. The molecular weight excluding hydrogens is 202 g/mol. The van der Waals surface area contributed by atoms with Gasteiger partial charge < -0.3 is 15.5 Å². The van der Waals surface area contributed by atoms with Gasteiger partial charge in [0, 0.05) is 12.2 Å². The predicted molar refractivity (Wildman–Crippen MR) is 66.7 cm³/mol. The quantitative estimate of drug-likeness (QED) is 0.729. The second-order valence-electron chi connectivity index (χ2n) is 5.04. The zero-order valence-electron chi connectivity index (χ0n) is 10.2. The molecule has 0 spiro atoms. The summed E-state index contributed by atoms with van der Waals surface area (Å²) >= 11 is 0. The van der Waals surface area contributed by atoms with Crippen LogP contribution < -0.4 is 5.32 Å². The van der Waals surface area contributed by atoms with Crippen LogP contribution in [0.5, 0.6) is 0 Å². The van der Waals surface area contributed by atoms with Crippen molar-refractivity contribution in [3.05, 3.63) is 29.8 Å². The molecule has 0 amide bonds. The number of aliphatic hydroxyl groups is 2. The van der Waals surface area contributed by atoms with E-state index in [1.54, 1.807) is 0 Å². The summed E-state index contributed by atoms with van der Waals surface area (Å²) in [6.07, 6.45) is -0.706. The Morgan fingerprint density at radius 1 is 1.19 bits per heavy atom. The van der Waals surface area contributed by atoms with Gasteiger partial charge in [-0.2, -0.15) is 0 Å². The minimum Gasteiger partial charge on any atom is -0.394 e. The molecule has 0 saturated heterocycles. The van der Waals surface area contributed by atoms with Crippen molar-refractivity contribution >= 4 is 5.69 Å². The fraction of sp³-hybridized carbons (Fsp3) is 0.538. The van der Waals surface area contributed by atoms with Gasteiger partial charge in [0.15, 0.2) is 0 Å². The number of rotatable bonds is 4. The molecule has 0 fully saturated rings. The average Bonchev–Trinajstić information content (AvgIpc) is 2.25. The van der Waals surface area contributed by atoms with Crippen molar-refractivity contribution in [1.82, 2.24) is 0 Å². The third kappa shape index (κ3) is 3.83. The molecule has 0 heterocycles. The summed E-state index contributed by atoms with van der Waals surface area (Å²) in [7, 11) is 0. The maximum absolute atomic E-state index is 9.19. The Kier molecular flexibility index (Phi) is 4.33. The van der Waals surface area contributed by atoms with Gasteiger partial charge in [-0.1, -0.05) is 32.9 Å². The van der Waals surface area contributed by atoms with Gasteiger partial charge in [0.1, 0.15) is 0 Å². The van der Waals surface area contributed by atoms with Crippen LogP contribution in [-0.2, 0) is 5.41 Å². The Balaban J connectivity index is 2.58. The molecule has 16 heavy (non-hydrogen) atoms. The normalized spacial score (nSPS) is 13.6. The standard InChI is InChI=1S/C13H21NO2/c1-13(2,3)10-4-6-11(7-5-10)14-8-12(16)9-15/h4-7,12,14-16H,8-9H2,1-3H3. The molecule has 1 rings (SSSR count). The molecule has 1 aromatic rings. The van der Waals surface area contributed by atoms with E-state index < -0.39 is 6.10 Å². The zero-order valence-corrected chi connectivity index (χ0v) is 10.2. The molecular formula is C13H21NO2. The van der Waals surface area contributed by atoms with Crippen LogP contribution in [0.4, 0.5) is 5.69 Å². The van der Waals surface area contributed by atoms with Gasteiger partial charge in [0.2, 0.25) is 0 Å². The lowest BCUT2D eigenvalue weighted by Gasteiger charge is -2.19. The van der Waals surface area contributed by atoms with Crippen LogP contribution in [0.2, 0.25) is 0 Å². The first-order valence-electron chi connectivity index (χ1n) is 5.57. The minimum absolute atomic E-state index is 0.156. The zero-order chi connectivity index (χ0) is 12.2. The van der Waals surface area contributed by atoms with Crippen molar-refractivity contribution in [2.45, 2.75) is 32.3 Å². The van der Waals surface area contributed by atoms with E-state index in [0.29, 0.717) is 6.54 Å². The minimum atomic E-state index is -0.706. The molecule has 0 bridgehead atoms. The highest BCUT2D eigenvalue weighted by Gasteiger charge is 2.12. The first-order valence-corrected chi connectivity index (χ1v) is 5.57. The molecule has 0 aromatic heterocycles. The van der Waals surface area contributed by atoms with Crippen LogP contribution in [0.25, 0.3) is 0 Å². The Morgan fingerprint density at radius 2 is 1.75 bits per heavy atom. The molecule has 3 nitrogen and oxygen atoms in total. The number of benzene rings is 1. The summed E-state index contributed by atoms with van der Waals surface area (Å²) in [6.45, 7) is 6.67. The lowest BCUT2D eigenvalue weighted by molar-refractivity contribution is 0.105. The van der Waals surface area contributed by atoms with Crippen molar-refractivity contribution in [3.63, 3.8) is 0 Å². The van der Waals surface area contributed by atoms with Crippen LogP contribution in [0.15, 0.2) is 24.3 Å². The fourth-order valence-electron chi connectivity index (χ4n) is 1.39. The molecule has 0 saturated carbocycles. The lowest BCUT2D eigenvalue weighted by atomic mass is 9.87. The van der Waals surface area contributed by atoms with E-state index in [9.17, 15) is 5.11 Å². The molecule has 3 N–H and O–H groups in total. The van der Waals surface area contributed by atoms with E-state index in [4.69, 9.17) is 5.11 Å². The van der Waals surface area contributed by atoms with Gasteiger partial charge in [0.25, 0.3) is 0 Å². The second-order valence-corrected chi connectivity index (χ2v) is 5.04. The van der Waals surface area contributed by atoms with Gasteiger partial charge in [-0.3, -0.25) is 0 Å². The number of anilines is 1. The van der Waals surface area contributed by atoms with Gasteiger partial charge in [0.05, 0.1) is 12.7 Å². The van der Waals surface area contributed by atoms with Crippen LogP contribution in [0.3, 0.4) is 0 Å². The first-order chi connectivity index (χ1) is 7.43. The molecule has 1 aromatic carbocycles. The highest BCUT2D eigenvalue weighted by molar-refractivity contribution is 5.45. The molecule has 0 aliphatic rings. The number of nitrogens with one attached hydrogen (secondary N) is 1. The second kappa shape index (κ2) is 5.32. The third-order valence-electron chi connectivity index (χ3n) is 2.50.